The molecule has 40 heavy (non-hydrogen) atoms. The highest BCUT2D eigenvalue weighted by Gasteiger charge is 2.23. The van der Waals surface area contributed by atoms with Gasteiger partial charge < -0.3 is 9.84 Å². The fraction of sp³-hybridized carbons (Fsp3) is 0.267. The molecule has 2 atom stereocenters. The number of rotatable bonds is 14. The van der Waals surface area contributed by atoms with Crippen molar-refractivity contribution in [2.45, 2.75) is 36.5 Å². The lowest BCUT2D eigenvalue weighted by atomic mass is 10.1. The van der Waals surface area contributed by atoms with E-state index in [0.717, 1.165) is 28.6 Å². The average molecular weight is 599 g/mol. The molecule has 1 aromatic heterocycles. The number of halogens is 1. The standard InChI is InChI=1S/C30H31ClN2O5S2/c1-2-6-23(30(34)35)20-39-29(18-32-40(36,37)27-15-12-24(31)13-16-27)22-8-5-9-26(17-22)38-19-25-14-11-21-7-3-4-10-28(21)33-25/h3-5,7-17,23,29,32H,2,6,18-20H2,1H3,(H,34,35). The van der Waals surface area contributed by atoms with Gasteiger partial charge in [0, 0.05) is 28.0 Å². The molecule has 0 amide bonds. The number of aliphatic carboxylic acids is 1. The van der Waals surface area contributed by atoms with E-state index in [4.69, 9.17) is 16.3 Å². The van der Waals surface area contributed by atoms with Gasteiger partial charge in [0.15, 0.2) is 0 Å². The summed E-state index contributed by atoms with van der Waals surface area (Å²) in [5, 5.41) is 10.8. The summed E-state index contributed by atoms with van der Waals surface area (Å²) in [5.74, 6) is -0.414. The van der Waals surface area contributed by atoms with Crippen LogP contribution in [0.25, 0.3) is 10.9 Å². The highest BCUT2D eigenvalue weighted by atomic mass is 35.5. The van der Waals surface area contributed by atoms with E-state index in [9.17, 15) is 18.3 Å². The minimum absolute atomic E-state index is 0.0732. The molecule has 0 saturated carbocycles. The van der Waals surface area contributed by atoms with Crippen molar-refractivity contribution in [3.8, 4) is 5.75 Å². The van der Waals surface area contributed by atoms with E-state index in [1.807, 2.05) is 67.6 Å². The number of carboxylic acid groups (broad SMARTS) is 1. The van der Waals surface area contributed by atoms with Crippen LogP contribution in [0.15, 0.2) is 89.8 Å². The third kappa shape index (κ3) is 8.20. The molecular weight excluding hydrogens is 568 g/mol. The number of nitrogens with zero attached hydrogens (tertiary/aromatic N) is 1. The zero-order valence-electron chi connectivity index (χ0n) is 22.0. The summed E-state index contributed by atoms with van der Waals surface area (Å²) in [6.07, 6.45) is 1.30. The summed E-state index contributed by atoms with van der Waals surface area (Å²) in [5.41, 5.74) is 2.50. The van der Waals surface area contributed by atoms with E-state index in [1.165, 1.54) is 36.0 Å². The Hall–Kier alpha value is -3.11. The molecule has 10 heteroatoms. The zero-order valence-corrected chi connectivity index (χ0v) is 24.4. The van der Waals surface area contributed by atoms with E-state index in [2.05, 4.69) is 9.71 Å². The fourth-order valence-corrected chi connectivity index (χ4v) is 6.76. The van der Waals surface area contributed by atoms with Crippen molar-refractivity contribution in [1.29, 1.82) is 0 Å². The van der Waals surface area contributed by atoms with Gasteiger partial charge >= 0.3 is 5.97 Å². The first-order valence-corrected chi connectivity index (χ1v) is 15.8. The molecule has 0 aliphatic rings. The quantitative estimate of drug-likeness (QED) is 0.166. The van der Waals surface area contributed by atoms with Crippen LogP contribution in [0.3, 0.4) is 0 Å². The van der Waals surface area contributed by atoms with Crippen molar-refractivity contribution in [3.63, 3.8) is 0 Å². The molecule has 2 unspecified atom stereocenters. The summed E-state index contributed by atoms with van der Waals surface area (Å²) < 4.78 is 34.6. The lowest BCUT2D eigenvalue weighted by Gasteiger charge is -2.21. The third-order valence-electron chi connectivity index (χ3n) is 6.34. The second kappa shape index (κ2) is 14.0. The first kappa shape index (κ1) is 29.9. The van der Waals surface area contributed by atoms with Crippen LogP contribution in [0.5, 0.6) is 5.75 Å². The van der Waals surface area contributed by atoms with Gasteiger partial charge in [-0.05, 0) is 60.5 Å². The number of carbonyl (C=O) groups is 1. The van der Waals surface area contributed by atoms with Crippen LogP contribution in [0.4, 0.5) is 0 Å². The third-order valence-corrected chi connectivity index (χ3v) is 9.47. The molecule has 0 aliphatic heterocycles. The number of fused-ring (bicyclic) bond motifs is 1. The van der Waals surface area contributed by atoms with Crippen molar-refractivity contribution >= 4 is 50.3 Å². The molecule has 0 spiro atoms. The van der Waals surface area contributed by atoms with Crippen LogP contribution in [-0.2, 0) is 21.4 Å². The minimum atomic E-state index is -3.80. The van der Waals surface area contributed by atoms with Gasteiger partial charge in [-0.3, -0.25) is 4.79 Å². The number of aromatic nitrogens is 1. The van der Waals surface area contributed by atoms with Crippen LogP contribution >= 0.6 is 23.4 Å². The molecule has 0 saturated heterocycles. The van der Waals surface area contributed by atoms with Crippen LogP contribution in [0, 0.1) is 5.92 Å². The SMILES string of the molecule is CCCC(CSC(CNS(=O)(=O)c1ccc(Cl)cc1)c1cccc(OCc2ccc3ccccc3n2)c1)C(=O)O. The predicted molar refractivity (Wildman–Crippen MR) is 160 cm³/mol. The van der Waals surface area contributed by atoms with Gasteiger partial charge in [-0.25, -0.2) is 18.1 Å². The number of benzene rings is 3. The Balaban J connectivity index is 1.51. The van der Waals surface area contributed by atoms with E-state index < -0.39 is 21.9 Å². The number of pyridine rings is 1. The highest BCUT2D eigenvalue weighted by Crippen LogP contribution is 2.33. The molecule has 4 rings (SSSR count). The molecule has 2 N–H and O–H groups in total. The molecule has 4 aromatic rings. The maximum absolute atomic E-state index is 13.0. The molecule has 1 heterocycles. The van der Waals surface area contributed by atoms with Gasteiger partial charge in [0.25, 0.3) is 0 Å². The Bertz CT molecular complexity index is 1550. The Morgan fingerprint density at radius 2 is 1.82 bits per heavy atom. The number of nitrogens with one attached hydrogen (secondary N) is 1. The highest BCUT2D eigenvalue weighted by molar-refractivity contribution is 7.99. The Kier molecular flexibility index (Phi) is 10.4. The Labute approximate surface area is 244 Å². The number of ether oxygens (including phenoxy) is 1. The Morgan fingerprint density at radius 3 is 2.58 bits per heavy atom. The van der Waals surface area contributed by atoms with Crippen molar-refractivity contribution in [3.05, 3.63) is 101 Å². The summed E-state index contributed by atoms with van der Waals surface area (Å²) in [7, 11) is -3.80. The minimum Gasteiger partial charge on any atom is -0.487 e. The molecule has 0 fully saturated rings. The molecule has 210 valence electrons. The van der Waals surface area contributed by atoms with Gasteiger partial charge in [0.05, 0.1) is 22.0 Å². The summed E-state index contributed by atoms with van der Waals surface area (Å²) in [6, 6.07) is 25.2. The normalized spacial score (nSPS) is 13.2. The first-order valence-electron chi connectivity index (χ1n) is 12.9. The van der Waals surface area contributed by atoms with E-state index in [0.29, 0.717) is 22.9 Å². The number of para-hydroxylation sites is 1. The van der Waals surface area contributed by atoms with Crippen molar-refractivity contribution < 1.29 is 23.1 Å². The maximum atomic E-state index is 13.0. The number of thioether (sulfide) groups is 1. The van der Waals surface area contributed by atoms with Gasteiger partial charge in [-0.15, -0.1) is 0 Å². The van der Waals surface area contributed by atoms with Crippen LogP contribution in [-0.4, -0.2) is 36.8 Å². The lowest BCUT2D eigenvalue weighted by molar-refractivity contribution is -0.141. The molecule has 7 nitrogen and oxygen atoms in total. The second-order valence-corrected chi connectivity index (χ2v) is 12.7. The molecule has 0 aliphatic carbocycles. The van der Waals surface area contributed by atoms with E-state index in [-0.39, 0.29) is 23.3 Å². The summed E-state index contributed by atoms with van der Waals surface area (Å²) in [4.78, 5) is 16.5. The predicted octanol–water partition coefficient (Wildman–Crippen LogP) is 6.72. The average Bonchev–Trinajstić information content (AvgIpc) is 2.95. The second-order valence-electron chi connectivity index (χ2n) is 9.31. The Morgan fingerprint density at radius 1 is 1.05 bits per heavy atom. The largest absolute Gasteiger partial charge is 0.487 e. The zero-order chi connectivity index (χ0) is 28.5. The van der Waals surface area contributed by atoms with Gasteiger partial charge in [0.2, 0.25) is 10.0 Å². The molecule has 3 aromatic carbocycles. The molecular formula is C30H31ClN2O5S2. The number of sulfonamides is 1. The van der Waals surface area contributed by atoms with Gasteiger partial charge in [-0.2, -0.15) is 11.8 Å². The van der Waals surface area contributed by atoms with E-state index >= 15 is 0 Å². The smallest absolute Gasteiger partial charge is 0.307 e. The van der Waals surface area contributed by atoms with Crippen molar-refractivity contribution in [2.24, 2.45) is 5.92 Å². The number of hydrogen-bond donors (Lipinski definition) is 2. The van der Waals surface area contributed by atoms with E-state index in [1.54, 1.807) is 0 Å². The summed E-state index contributed by atoms with van der Waals surface area (Å²) >= 11 is 7.33. The first-order chi connectivity index (χ1) is 19.2. The molecule has 0 radical (unpaired) electrons. The maximum Gasteiger partial charge on any atom is 0.307 e. The number of hydrogen-bond acceptors (Lipinski definition) is 6. The van der Waals surface area contributed by atoms with Crippen LogP contribution in [0.2, 0.25) is 5.02 Å². The van der Waals surface area contributed by atoms with Gasteiger partial charge in [-0.1, -0.05) is 61.3 Å². The monoisotopic (exact) mass is 598 g/mol. The molecule has 0 bridgehead atoms. The van der Waals surface area contributed by atoms with Crippen LogP contribution in [0.1, 0.15) is 36.3 Å². The topological polar surface area (TPSA) is 106 Å². The fourth-order valence-electron chi connectivity index (χ4n) is 4.16. The lowest BCUT2D eigenvalue weighted by Crippen LogP contribution is -2.28. The van der Waals surface area contributed by atoms with Crippen molar-refractivity contribution in [2.75, 3.05) is 12.3 Å². The summed E-state index contributed by atoms with van der Waals surface area (Å²) in [6.45, 7) is 2.29. The van der Waals surface area contributed by atoms with Gasteiger partial charge in [0.1, 0.15) is 12.4 Å². The van der Waals surface area contributed by atoms with Crippen molar-refractivity contribution in [1.82, 2.24) is 9.71 Å². The number of carboxylic acids is 1. The van der Waals surface area contributed by atoms with Crippen LogP contribution < -0.4 is 9.46 Å².